The second-order valence-electron chi connectivity index (χ2n) is 8.60. The molecule has 28 heavy (non-hydrogen) atoms. The van der Waals surface area contributed by atoms with Crippen molar-refractivity contribution in [2.24, 2.45) is 5.92 Å². The Morgan fingerprint density at radius 2 is 1.71 bits per heavy atom. The summed E-state index contributed by atoms with van der Waals surface area (Å²) in [6, 6.07) is 16.2. The Morgan fingerprint density at radius 3 is 2.43 bits per heavy atom. The number of hydrogen-bond donors (Lipinski definition) is 0. The molecular formula is C25H28N2O. The molecule has 1 aliphatic heterocycles. The minimum Gasteiger partial charge on any atom is -0.300 e. The second-order valence-corrected chi connectivity index (χ2v) is 8.60. The normalized spacial score (nSPS) is 20.1. The summed E-state index contributed by atoms with van der Waals surface area (Å²) in [4.78, 5) is 14.9. The van der Waals surface area contributed by atoms with E-state index >= 15 is 0 Å². The lowest BCUT2D eigenvalue weighted by Crippen LogP contribution is -2.28. The molecule has 5 rings (SSSR count). The highest BCUT2D eigenvalue weighted by molar-refractivity contribution is 5.93. The lowest BCUT2D eigenvalue weighted by Gasteiger charge is -2.20. The topological polar surface area (TPSA) is 25.2 Å². The molecule has 1 saturated heterocycles. The van der Waals surface area contributed by atoms with Gasteiger partial charge in [-0.25, -0.2) is 0 Å². The SMILES string of the molecule is C[C@@H]1CCCN1CCc1ccc(-c2ccc3cn(C(=O)C4CC4)cc3c2)cc1. The van der Waals surface area contributed by atoms with E-state index in [0.717, 1.165) is 42.6 Å². The van der Waals surface area contributed by atoms with Crippen molar-refractivity contribution in [3.05, 3.63) is 60.4 Å². The van der Waals surface area contributed by atoms with Crippen LogP contribution in [-0.2, 0) is 6.42 Å². The molecule has 1 saturated carbocycles. The lowest BCUT2D eigenvalue weighted by atomic mass is 10.0. The number of hydrogen-bond acceptors (Lipinski definition) is 2. The molecule has 1 aromatic heterocycles. The van der Waals surface area contributed by atoms with Gasteiger partial charge in [-0.1, -0.05) is 36.4 Å². The van der Waals surface area contributed by atoms with Crippen molar-refractivity contribution in [2.45, 2.75) is 45.1 Å². The number of aromatic nitrogens is 1. The van der Waals surface area contributed by atoms with Crippen LogP contribution in [0, 0.1) is 5.92 Å². The number of carbonyl (C=O) groups excluding carboxylic acids is 1. The number of nitrogens with zero attached hydrogens (tertiary/aromatic N) is 2. The lowest BCUT2D eigenvalue weighted by molar-refractivity contribution is 0.0887. The summed E-state index contributed by atoms with van der Waals surface area (Å²) in [6.07, 6.45) is 9.86. The summed E-state index contributed by atoms with van der Waals surface area (Å²) in [6.45, 7) is 4.76. The van der Waals surface area contributed by atoms with E-state index in [1.165, 1.54) is 36.1 Å². The van der Waals surface area contributed by atoms with Crippen molar-refractivity contribution >= 4 is 16.7 Å². The second kappa shape index (κ2) is 7.21. The molecule has 0 N–H and O–H groups in total. The molecule has 3 heteroatoms. The average Bonchev–Trinajstić information content (AvgIpc) is 3.35. The van der Waals surface area contributed by atoms with Crippen LogP contribution in [0.2, 0.25) is 0 Å². The highest BCUT2D eigenvalue weighted by Gasteiger charge is 2.30. The summed E-state index contributed by atoms with van der Waals surface area (Å²) in [5.41, 5.74) is 3.86. The van der Waals surface area contributed by atoms with Crippen LogP contribution in [0.3, 0.4) is 0 Å². The van der Waals surface area contributed by atoms with E-state index in [4.69, 9.17) is 0 Å². The van der Waals surface area contributed by atoms with Crippen LogP contribution in [0.1, 0.15) is 43.0 Å². The fourth-order valence-electron chi connectivity index (χ4n) is 4.45. The third-order valence-electron chi connectivity index (χ3n) is 6.49. The Hall–Kier alpha value is -2.39. The molecule has 0 radical (unpaired) electrons. The molecule has 1 atom stereocenters. The zero-order valence-corrected chi connectivity index (χ0v) is 16.6. The number of fused-ring (bicyclic) bond motifs is 1. The van der Waals surface area contributed by atoms with E-state index in [1.807, 2.05) is 12.4 Å². The largest absolute Gasteiger partial charge is 0.300 e. The van der Waals surface area contributed by atoms with Gasteiger partial charge in [0.25, 0.3) is 0 Å². The van der Waals surface area contributed by atoms with E-state index in [9.17, 15) is 4.79 Å². The molecule has 144 valence electrons. The first-order valence-corrected chi connectivity index (χ1v) is 10.7. The van der Waals surface area contributed by atoms with Gasteiger partial charge < -0.3 is 4.90 Å². The first-order valence-electron chi connectivity index (χ1n) is 10.7. The molecular weight excluding hydrogens is 344 g/mol. The Bertz CT molecular complexity index is 997. The Labute approximate surface area is 167 Å². The molecule has 0 amide bonds. The summed E-state index contributed by atoms with van der Waals surface area (Å²) in [5, 5.41) is 2.27. The smallest absolute Gasteiger partial charge is 0.233 e. The standard InChI is InChI=1S/C25H28N2O/c1-18-3-2-13-26(18)14-12-19-4-6-20(7-5-19)22-10-11-23-16-27(17-24(23)15-22)25(28)21-8-9-21/h4-7,10-11,15-18,21H,2-3,8-9,12-14H2,1H3/t18-/m1/s1. The summed E-state index contributed by atoms with van der Waals surface area (Å²) < 4.78 is 1.79. The third kappa shape index (κ3) is 3.51. The van der Waals surface area contributed by atoms with Gasteiger partial charge in [0, 0.05) is 36.3 Å². The van der Waals surface area contributed by atoms with Crippen molar-refractivity contribution in [3.8, 4) is 11.1 Å². The van der Waals surface area contributed by atoms with Crippen molar-refractivity contribution < 1.29 is 4.79 Å². The highest BCUT2D eigenvalue weighted by Crippen LogP contribution is 2.32. The summed E-state index contributed by atoms with van der Waals surface area (Å²) in [5.74, 6) is 0.492. The van der Waals surface area contributed by atoms with Gasteiger partial charge >= 0.3 is 0 Å². The van der Waals surface area contributed by atoms with E-state index in [1.54, 1.807) is 4.57 Å². The van der Waals surface area contributed by atoms with E-state index < -0.39 is 0 Å². The van der Waals surface area contributed by atoms with Gasteiger partial charge in [0.2, 0.25) is 5.91 Å². The molecule has 2 fully saturated rings. The molecule has 0 spiro atoms. The Balaban J connectivity index is 1.31. The molecule has 2 aliphatic rings. The van der Waals surface area contributed by atoms with E-state index in [0.29, 0.717) is 0 Å². The van der Waals surface area contributed by atoms with Crippen LogP contribution in [0.5, 0.6) is 0 Å². The molecule has 3 nitrogen and oxygen atoms in total. The number of benzene rings is 2. The molecule has 3 aromatic rings. The zero-order chi connectivity index (χ0) is 19.1. The van der Waals surface area contributed by atoms with Crippen molar-refractivity contribution in [2.75, 3.05) is 13.1 Å². The summed E-state index contributed by atoms with van der Waals surface area (Å²) >= 11 is 0. The van der Waals surface area contributed by atoms with Gasteiger partial charge in [-0.05, 0) is 73.7 Å². The zero-order valence-electron chi connectivity index (χ0n) is 16.6. The van der Waals surface area contributed by atoms with E-state index in [2.05, 4.69) is 54.3 Å². The molecule has 2 aromatic carbocycles. The van der Waals surface area contributed by atoms with Crippen LogP contribution in [0.4, 0.5) is 0 Å². The van der Waals surface area contributed by atoms with Gasteiger partial charge in [0.15, 0.2) is 0 Å². The minimum absolute atomic E-state index is 0.245. The monoisotopic (exact) mass is 372 g/mol. The maximum atomic E-state index is 12.3. The van der Waals surface area contributed by atoms with Gasteiger partial charge in [-0.15, -0.1) is 0 Å². The molecule has 0 unspecified atom stereocenters. The summed E-state index contributed by atoms with van der Waals surface area (Å²) in [7, 11) is 0. The fraction of sp³-hybridized carbons (Fsp3) is 0.400. The Kier molecular flexibility index (Phi) is 4.56. The van der Waals surface area contributed by atoms with Crippen molar-refractivity contribution in [1.82, 2.24) is 9.47 Å². The van der Waals surface area contributed by atoms with Gasteiger partial charge in [-0.3, -0.25) is 9.36 Å². The van der Waals surface area contributed by atoms with Crippen LogP contribution in [0.25, 0.3) is 21.9 Å². The van der Waals surface area contributed by atoms with Crippen LogP contribution in [-0.4, -0.2) is 34.5 Å². The van der Waals surface area contributed by atoms with E-state index in [-0.39, 0.29) is 11.8 Å². The van der Waals surface area contributed by atoms with Gasteiger partial charge in [0.05, 0.1) is 0 Å². The van der Waals surface area contributed by atoms with Gasteiger partial charge in [-0.2, -0.15) is 0 Å². The number of likely N-dealkylation sites (tertiary alicyclic amines) is 1. The fourth-order valence-corrected chi connectivity index (χ4v) is 4.45. The molecule has 1 aliphatic carbocycles. The maximum absolute atomic E-state index is 12.3. The Morgan fingerprint density at radius 1 is 0.964 bits per heavy atom. The average molecular weight is 373 g/mol. The highest BCUT2D eigenvalue weighted by atomic mass is 16.2. The maximum Gasteiger partial charge on any atom is 0.233 e. The number of carbonyl (C=O) groups is 1. The van der Waals surface area contributed by atoms with Crippen LogP contribution in [0.15, 0.2) is 54.9 Å². The predicted molar refractivity (Wildman–Crippen MR) is 115 cm³/mol. The van der Waals surface area contributed by atoms with Crippen LogP contribution < -0.4 is 0 Å². The number of rotatable bonds is 5. The predicted octanol–water partition coefficient (Wildman–Crippen LogP) is 5.39. The van der Waals surface area contributed by atoms with Crippen LogP contribution >= 0.6 is 0 Å². The first kappa shape index (κ1) is 17.7. The molecule has 0 bridgehead atoms. The van der Waals surface area contributed by atoms with Crippen molar-refractivity contribution in [3.63, 3.8) is 0 Å². The van der Waals surface area contributed by atoms with Gasteiger partial charge in [0.1, 0.15) is 0 Å². The van der Waals surface area contributed by atoms with Crippen molar-refractivity contribution in [1.29, 1.82) is 0 Å². The molecule has 2 heterocycles. The third-order valence-corrected chi connectivity index (χ3v) is 6.49. The quantitative estimate of drug-likeness (QED) is 0.600. The minimum atomic E-state index is 0.245. The first-order chi connectivity index (χ1) is 13.7.